The van der Waals surface area contributed by atoms with Gasteiger partial charge >= 0.3 is 0 Å². The number of carbonyl (C=O) groups excluding carboxylic acids is 3. The number of carbonyl (C=O) groups is 3. The Bertz CT molecular complexity index is 1870. The number of nitrogens with zero attached hydrogens (tertiary/aromatic N) is 6. The first kappa shape index (κ1) is 36.9. The van der Waals surface area contributed by atoms with Crippen LogP contribution in [0.25, 0.3) is 21.6 Å². The molecule has 2 saturated heterocycles. The largest absolute Gasteiger partial charge is 0.492 e. The Hall–Kier alpha value is -4.88. The summed E-state index contributed by atoms with van der Waals surface area (Å²) in [6, 6.07) is 16.2. The lowest BCUT2D eigenvalue weighted by atomic mass is 9.85. The van der Waals surface area contributed by atoms with Crippen molar-refractivity contribution in [2.45, 2.75) is 65.6 Å². The maximum absolute atomic E-state index is 14.1. The number of aromatic hydroxyl groups is 1. The molecule has 3 amide bonds. The van der Waals surface area contributed by atoms with Crippen LogP contribution in [0, 0.1) is 12.3 Å². The van der Waals surface area contributed by atoms with Gasteiger partial charge in [0.25, 0.3) is 0 Å². The van der Waals surface area contributed by atoms with Gasteiger partial charge < -0.3 is 25.5 Å². The van der Waals surface area contributed by atoms with Gasteiger partial charge in [-0.3, -0.25) is 19.3 Å². The summed E-state index contributed by atoms with van der Waals surface area (Å²) < 4.78 is 0. The standard InChI is InChI=1S/C39H48N8O4S/c1-25(27-8-10-29(11-9-27)35-26(2)40-24-52-35)42-37(50)32-7-6-16-47(32)38(51)36(39(3,4)5)43-34(49)23-45-17-19-46(20-18-45)31-14-12-28(13-15-31)30-21-33(48)44-41-22-30/h8-15,21-22,24-25,32,36H,6-7,16-20,23H2,1-5H3,(H,42,50)(H,43,49)(H,44,48)/t25-,32?,36+/m0/s1. The molecule has 12 nitrogen and oxygen atoms in total. The number of piperazine rings is 1. The third-order valence-electron chi connectivity index (χ3n) is 9.98. The predicted molar refractivity (Wildman–Crippen MR) is 203 cm³/mol. The maximum atomic E-state index is 14.1. The van der Waals surface area contributed by atoms with E-state index in [1.807, 2.05) is 76.5 Å². The van der Waals surface area contributed by atoms with Crippen molar-refractivity contribution < 1.29 is 19.5 Å². The SMILES string of the molecule is Cc1ncsc1-c1ccc([C@H](C)NC(=O)C2CCCN2C(=O)[C@@H](NC(=O)CN2CCN(c3ccc(-c4cnnc(O)c4)cc3)CC2)C(C)(C)C)cc1. The first-order valence-corrected chi connectivity index (χ1v) is 18.8. The molecule has 3 atom stereocenters. The smallest absolute Gasteiger partial charge is 0.246 e. The number of hydrogen-bond donors (Lipinski definition) is 3. The van der Waals surface area contributed by atoms with Gasteiger partial charge in [-0.15, -0.1) is 16.4 Å². The molecule has 0 spiro atoms. The van der Waals surface area contributed by atoms with Crippen molar-refractivity contribution >= 4 is 34.7 Å². The molecule has 13 heteroatoms. The summed E-state index contributed by atoms with van der Waals surface area (Å²) in [6.45, 7) is 13.3. The molecule has 0 aliphatic carbocycles. The molecule has 0 bridgehead atoms. The number of rotatable bonds is 10. The molecule has 0 radical (unpaired) electrons. The predicted octanol–water partition coefficient (Wildman–Crippen LogP) is 4.80. The summed E-state index contributed by atoms with van der Waals surface area (Å²) in [5.74, 6) is -0.720. The van der Waals surface area contributed by atoms with Gasteiger partial charge in [0, 0.05) is 50.0 Å². The van der Waals surface area contributed by atoms with Crippen LogP contribution < -0.4 is 15.5 Å². The van der Waals surface area contributed by atoms with Gasteiger partial charge in [0.15, 0.2) is 0 Å². The van der Waals surface area contributed by atoms with Crippen LogP contribution in [0.5, 0.6) is 5.88 Å². The van der Waals surface area contributed by atoms with Gasteiger partial charge in [-0.05, 0) is 60.9 Å². The lowest BCUT2D eigenvalue weighted by molar-refractivity contribution is -0.144. The summed E-state index contributed by atoms with van der Waals surface area (Å²) in [4.78, 5) is 52.6. The second-order valence-electron chi connectivity index (χ2n) is 14.8. The van der Waals surface area contributed by atoms with Crippen molar-refractivity contribution in [1.82, 2.24) is 35.6 Å². The number of hydrogen-bond acceptors (Lipinski definition) is 10. The minimum absolute atomic E-state index is 0.116. The zero-order valence-corrected chi connectivity index (χ0v) is 31.3. The fourth-order valence-electron chi connectivity index (χ4n) is 6.96. The minimum Gasteiger partial charge on any atom is -0.492 e. The van der Waals surface area contributed by atoms with Crippen LogP contribution in [0.15, 0.2) is 66.3 Å². The first-order valence-electron chi connectivity index (χ1n) is 17.9. The number of thiazole rings is 1. The molecule has 274 valence electrons. The molecule has 3 N–H and O–H groups in total. The van der Waals surface area contributed by atoms with Crippen LogP contribution in [0.3, 0.4) is 0 Å². The average molecular weight is 725 g/mol. The van der Waals surface area contributed by atoms with Crippen LogP contribution >= 0.6 is 11.3 Å². The number of anilines is 1. The molecule has 2 aromatic heterocycles. The zero-order chi connectivity index (χ0) is 37.0. The molecule has 52 heavy (non-hydrogen) atoms. The number of amides is 3. The van der Waals surface area contributed by atoms with Crippen molar-refractivity contribution in [3.05, 3.63) is 77.6 Å². The summed E-state index contributed by atoms with van der Waals surface area (Å²) in [7, 11) is 0. The Kier molecular flexibility index (Phi) is 11.2. The van der Waals surface area contributed by atoms with E-state index < -0.39 is 17.5 Å². The lowest BCUT2D eigenvalue weighted by Crippen LogP contribution is -2.59. The maximum Gasteiger partial charge on any atom is 0.246 e. The van der Waals surface area contributed by atoms with Crippen molar-refractivity contribution in [2.24, 2.45) is 5.41 Å². The number of likely N-dealkylation sites (tertiary alicyclic amines) is 1. The zero-order valence-electron chi connectivity index (χ0n) is 30.5. The number of benzene rings is 2. The highest BCUT2D eigenvalue weighted by molar-refractivity contribution is 7.13. The highest BCUT2D eigenvalue weighted by Crippen LogP contribution is 2.30. The highest BCUT2D eigenvalue weighted by atomic mass is 32.1. The van der Waals surface area contributed by atoms with Gasteiger partial charge in [-0.2, -0.15) is 5.10 Å². The monoisotopic (exact) mass is 724 g/mol. The molecule has 0 saturated carbocycles. The van der Waals surface area contributed by atoms with E-state index in [4.69, 9.17) is 0 Å². The molecular weight excluding hydrogens is 677 g/mol. The number of aryl methyl sites for hydroxylation is 1. The second kappa shape index (κ2) is 15.8. The van der Waals surface area contributed by atoms with Gasteiger partial charge in [0.2, 0.25) is 23.6 Å². The van der Waals surface area contributed by atoms with Crippen molar-refractivity contribution in [2.75, 3.05) is 44.2 Å². The minimum atomic E-state index is -0.772. The topological polar surface area (TPSA) is 144 Å². The van der Waals surface area contributed by atoms with E-state index in [1.54, 1.807) is 28.5 Å². The second-order valence-corrected chi connectivity index (χ2v) is 15.6. The fraction of sp³-hybridized carbons (Fsp3) is 0.436. The summed E-state index contributed by atoms with van der Waals surface area (Å²) in [6.07, 6.45) is 2.92. The van der Waals surface area contributed by atoms with E-state index in [2.05, 4.69) is 47.7 Å². The van der Waals surface area contributed by atoms with Crippen LogP contribution in [-0.4, -0.2) is 99.2 Å². The Morgan fingerprint density at radius 1 is 0.942 bits per heavy atom. The molecule has 2 aromatic carbocycles. The normalized spacial score (nSPS) is 17.8. The van der Waals surface area contributed by atoms with Gasteiger partial charge in [0.05, 0.1) is 34.9 Å². The number of aromatic nitrogens is 3. The average Bonchev–Trinajstić information content (AvgIpc) is 3.80. The third kappa shape index (κ3) is 8.59. The van der Waals surface area contributed by atoms with Crippen molar-refractivity contribution in [1.29, 1.82) is 0 Å². The van der Waals surface area contributed by atoms with E-state index in [1.165, 1.54) is 0 Å². The molecule has 4 heterocycles. The molecule has 2 aliphatic heterocycles. The van der Waals surface area contributed by atoms with Crippen molar-refractivity contribution in [3.8, 4) is 27.4 Å². The lowest BCUT2D eigenvalue weighted by Gasteiger charge is -2.38. The van der Waals surface area contributed by atoms with Gasteiger partial charge in [0.1, 0.15) is 12.1 Å². The summed E-state index contributed by atoms with van der Waals surface area (Å²) in [5.41, 5.74) is 7.16. The molecule has 6 rings (SSSR count). The Morgan fingerprint density at radius 3 is 2.27 bits per heavy atom. The number of nitrogens with one attached hydrogen (secondary N) is 2. The van der Waals surface area contributed by atoms with Crippen LogP contribution in [-0.2, 0) is 14.4 Å². The molecule has 2 aliphatic rings. The Morgan fingerprint density at radius 2 is 1.63 bits per heavy atom. The first-order chi connectivity index (χ1) is 24.9. The summed E-state index contributed by atoms with van der Waals surface area (Å²) >= 11 is 1.61. The third-order valence-corrected chi connectivity index (χ3v) is 11.0. The molecule has 2 fully saturated rings. The van der Waals surface area contributed by atoms with Gasteiger partial charge in [-0.1, -0.05) is 57.2 Å². The van der Waals surface area contributed by atoms with E-state index in [0.717, 1.165) is 58.0 Å². The van der Waals surface area contributed by atoms with E-state index in [9.17, 15) is 19.5 Å². The van der Waals surface area contributed by atoms with Crippen LogP contribution in [0.2, 0.25) is 0 Å². The van der Waals surface area contributed by atoms with Gasteiger partial charge in [-0.25, -0.2) is 4.98 Å². The van der Waals surface area contributed by atoms with E-state index >= 15 is 0 Å². The van der Waals surface area contributed by atoms with E-state index in [0.29, 0.717) is 26.1 Å². The Balaban J connectivity index is 1.01. The van der Waals surface area contributed by atoms with Crippen molar-refractivity contribution in [3.63, 3.8) is 0 Å². The molecule has 1 unspecified atom stereocenters. The van der Waals surface area contributed by atoms with E-state index in [-0.39, 0.29) is 36.2 Å². The van der Waals surface area contributed by atoms with Crippen LogP contribution in [0.1, 0.15) is 57.8 Å². The summed E-state index contributed by atoms with van der Waals surface area (Å²) in [5, 5.41) is 23.3. The van der Waals surface area contributed by atoms with Crippen LogP contribution in [0.4, 0.5) is 5.69 Å². The highest BCUT2D eigenvalue weighted by Gasteiger charge is 2.42. The fourth-order valence-corrected chi connectivity index (χ4v) is 7.78. The molecule has 4 aromatic rings. The molecular formula is C39H48N8O4S. The quantitative estimate of drug-likeness (QED) is 0.210. The Labute approximate surface area is 309 Å².